The zero-order valence-electron chi connectivity index (χ0n) is 15.4. The van der Waals surface area contributed by atoms with E-state index >= 15 is 0 Å². The van der Waals surface area contributed by atoms with E-state index in [4.69, 9.17) is 4.74 Å². The van der Waals surface area contributed by atoms with Gasteiger partial charge in [-0.15, -0.1) is 0 Å². The van der Waals surface area contributed by atoms with Crippen molar-refractivity contribution in [3.63, 3.8) is 0 Å². The molecule has 0 aliphatic carbocycles. The first kappa shape index (κ1) is 18.7. The highest BCUT2D eigenvalue weighted by atomic mass is 16.5. The second-order valence-electron chi connectivity index (χ2n) is 6.39. The molecule has 0 atom stereocenters. The number of nitrogens with one attached hydrogen (secondary N) is 2. The molecule has 7 heteroatoms. The molecule has 0 radical (unpaired) electrons. The van der Waals surface area contributed by atoms with Gasteiger partial charge in [-0.1, -0.05) is 25.1 Å². The number of pyridine rings is 1. The van der Waals surface area contributed by atoms with E-state index in [0.717, 1.165) is 18.5 Å². The summed E-state index contributed by atoms with van der Waals surface area (Å²) in [4.78, 5) is 29.7. The Balaban J connectivity index is 1.45. The zero-order valence-corrected chi connectivity index (χ0v) is 15.4. The number of likely N-dealkylation sites (tertiary alicyclic amines) is 1. The van der Waals surface area contributed by atoms with E-state index in [0.29, 0.717) is 31.1 Å². The van der Waals surface area contributed by atoms with E-state index in [1.54, 1.807) is 30.2 Å². The monoisotopic (exact) mass is 368 g/mol. The topological polar surface area (TPSA) is 83.6 Å². The molecule has 1 saturated heterocycles. The summed E-state index contributed by atoms with van der Waals surface area (Å²) >= 11 is 0. The molecule has 0 unspecified atom stereocenters. The fourth-order valence-corrected chi connectivity index (χ4v) is 2.84. The Labute approximate surface area is 158 Å². The van der Waals surface area contributed by atoms with Crippen molar-refractivity contribution in [2.24, 2.45) is 0 Å². The van der Waals surface area contributed by atoms with E-state index in [2.05, 4.69) is 15.6 Å². The van der Waals surface area contributed by atoms with Crippen LogP contribution in [0.1, 0.15) is 26.2 Å². The fraction of sp³-hybridized carbons (Fsp3) is 0.350. The molecular weight excluding hydrogens is 344 g/mol. The summed E-state index contributed by atoms with van der Waals surface area (Å²) in [6.45, 7) is 3.06. The van der Waals surface area contributed by atoms with Crippen molar-refractivity contribution < 1.29 is 14.3 Å². The number of carbonyl (C=O) groups excluding carboxylic acids is 2. The standard InChI is InChI=1S/C20H24N4O3/c1-2-18(25)22-16-8-9-19(21-14-16)27-17-10-12-24(13-11-17)20(26)23-15-6-4-3-5-7-15/h3-9,14,17H,2,10-13H2,1H3,(H,22,25)(H,23,26). The molecule has 1 aromatic carbocycles. The number of para-hydroxylation sites is 1. The van der Waals surface area contributed by atoms with E-state index in [1.165, 1.54) is 0 Å². The molecule has 0 spiro atoms. The quantitative estimate of drug-likeness (QED) is 0.846. The molecule has 0 saturated carbocycles. The van der Waals surface area contributed by atoms with Gasteiger partial charge in [-0.2, -0.15) is 0 Å². The van der Waals surface area contributed by atoms with Crippen molar-refractivity contribution in [1.82, 2.24) is 9.88 Å². The van der Waals surface area contributed by atoms with Gasteiger partial charge >= 0.3 is 6.03 Å². The Morgan fingerprint density at radius 1 is 1.07 bits per heavy atom. The van der Waals surface area contributed by atoms with Crippen LogP contribution in [0.25, 0.3) is 0 Å². The summed E-state index contributed by atoms with van der Waals surface area (Å²) in [7, 11) is 0. The molecule has 1 fully saturated rings. The molecule has 142 valence electrons. The molecule has 1 aromatic heterocycles. The largest absolute Gasteiger partial charge is 0.474 e. The average molecular weight is 368 g/mol. The number of hydrogen-bond acceptors (Lipinski definition) is 4. The van der Waals surface area contributed by atoms with E-state index in [1.807, 2.05) is 30.3 Å². The molecule has 2 N–H and O–H groups in total. The second-order valence-corrected chi connectivity index (χ2v) is 6.39. The first-order valence-corrected chi connectivity index (χ1v) is 9.17. The summed E-state index contributed by atoms with van der Waals surface area (Å²) in [5, 5.41) is 5.65. The van der Waals surface area contributed by atoms with Gasteiger partial charge in [0, 0.05) is 44.1 Å². The minimum absolute atomic E-state index is 0.0226. The Bertz CT molecular complexity index is 757. The Hall–Kier alpha value is -3.09. The van der Waals surface area contributed by atoms with E-state index in [-0.39, 0.29) is 18.0 Å². The normalized spacial score (nSPS) is 14.5. The number of carbonyl (C=O) groups is 2. The Morgan fingerprint density at radius 3 is 2.44 bits per heavy atom. The van der Waals surface area contributed by atoms with Crippen LogP contribution in [0.15, 0.2) is 48.7 Å². The number of rotatable bonds is 5. The van der Waals surface area contributed by atoms with E-state index < -0.39 is 0 Å². The van der Waals surface area contributed by atoms with Crippen LogP contribution in [0.5, 0.6) is 5.88 Å². The highest BCUT2D eigenvalue weighted by molar-refractivity contribution is 5.90. The third kappa shape index (κ3) is 5.44. The molecule has 3 rings (SSSR count). The molecular formula is C20H24N4O3. The molecule has 2 heterocycles. The lowest BCUT2D eigenvalue weighted by Crippen LogP contribution is -2.43. The van der Waals surface area contributed by atoms with Gasteiger partial charge in [0.15, 0.2) is 0 Å². The van der Waals surface area contributed by atoms with Crippen LogP contribution < -0.4 is 15.4 Å². The predicted octanol–water partition coefficient (Wildman–Crippen LogP) is 3.51. The first-order valence-electron chi connectivity index (χ1n) is 9.17. The molecule has 0 bridgehead atoms. The SMILES string of the molecule is CCC(=O)Nc1ccc(OC2CCN(C(=O)Nc3ccccc3)CC2)nc1. The smallest absolute Gasteiger partial charge is 0.321 e. The summed E-state index contributed by atoms with van der Waals surface area (Å²) in [6.07, 6.45) is 3.53. The lowest BCUT2D eigenvalue weighted by atomic mass is 10.1. The van der Waals surface area contributed by atoms with Crippen LogP contribution in [0.4, 0.5) is 16.2 Å². The van der Waals surface area contributed by atoms with Crippen LogP contribution in [-0.4, -0.2) is 41.0 Å². The fourth-order valence-electron chi connectivity index (χ4n) is 2.84. The van der Waals surface area contributed by atoms with Crippen LogP contribution in [0.2, 0.25) is 0 Å². The minimum Gasteiger partial charge on any atom is -0.474 e. The molecule has 1 aliphatic heterocycles. The van der Waals surface area contributed by atoms with Crippen molar-refractivity contribution in [3.05, 3.63) is 48.7 Å². The van der Waals surface area contributed by atoms with Crippen molar-refractivity contribution in [3.8, 4) is 5.88 Å². The molecule has 1 aliphatic rings. The number of piperidine rings is 1. The molecule has 27 heavy (non-hydrogen) atoms. The Kier molecular flexibility index (Phi) is 6.25. The molecule has 2 aromatic rings. The summed E-state index contributed by atoms with van der Waals surface area (Å²) in [6, 6.07) is 12.9. The third-order valence-corrected chi connectivity index (χ3v) is 4.38. The van der Waals surface area contributed by atoms with Crippen molar-refractivity contribution in [1.29, 1.82) is 0 Å². The first-order chi connectivity index (χ1) is 13.1. The average Bonchev–Trinajstić information content (AvgIpc) is 2.70. The predicted molar refractivity (Wildman–Crippen MR) is 104 cm³/mol. The zero-order chi connectivity index (χ0) is 19.1. The molecule has 7 nitrogen and oxygen atoms in total. The second kappa shape index (κ2) is 9.02. The van der Waals surface area contributed by atoms with Gasteiger partial charge in [-0.25, -0.2) is 9.78 Å². The van der Waals surface area contributed by atoms with Gasteiger partial charge in [-0.3, -0.25) is 4.79 Å². The van der Waals surface area contributed by atoms with Gasteiger partial charge < -0.3 is 20.3 Å². The molecule has 3 amide bonds. The summed E-state index contributed by atoms with van der Waals surface area (Å²) in [5.74, 6) is 0.475. The maximum absolute atomic E-state index is 12.3. The van der Waals surface area contributed by atoms with Gasteiger partial charge in [0.1, 0.15) is 6.10 Å². The van der Waals surface area contributed by atoms with Crippen LogP contribution in [0, 0.1) is 0 Å². The number of urea groups is 1. The summed E-state index contributed by atoms with van der Waals surface area (Å²) in [5.41, 5.74) is 1.45. The van der Waals surface area contributed by atoms with Gasteiger partial charge in [-0.05, 0) is 18.2 Å². The van der Waals surface area contributed by atoms with Crippen LogP contribution in [0.3, 0.4) is 0 Å². The highest BCUT2D eigenvalue weighted by Crippen LogP contribution is 2.19. The van der Waals surface area contributed by atoms with Crippen LogP contribution >= 0.6 is 0 Å². The number of nitrogens with zero attached hydrogens (tertiary/aromatic N) is 2. The number of ether oxygens (including phenoxy) is 1. The van der Waals surface area contributed by atoms with Gasteiger partial charge in [0.2, 0.25) is 11.8 Å². The number of benzene rings is 1. The van der Waals surface area contributed by atoms with Crippen molar-refractivity contribution in [2.75, 3.05) is 23.7 Å². The Morgan fingerprint density at radius 2 is 1.81 bits per heavy atom. The van der Waals surface area contributed by atoms with E-state index in [9.17, 15) is 9.59 Å². The van der Waals surface area contributed by atoms with Crippen molar-refractivity contribution in [2.45, 2.75) is 32.3 Å². The highest BCUT2D eigenvalue weighted by Gasteiger charge is 2.24. The summed E-state index contributed by atoms with van der Waals surface area (Å²) < 4.78 is 5.91. The number of aromatic nitrogens is 1. The lowest BCUT2D eigenvalue weighted by molar-refractivity contribution is -0.115. The third-order valence-electron chi connectivity index (χ3n) is 4.38. The van der Waals surface area contributed by atoms with Gasteiger partial charge in [0.25, 0.3) is 0 Å². The van der Waals surface area contributed by atoms with Crippen LogP contribution in [-0.2, 0) is 4.79 Å². The number of hydrogen-bond donors (Lipinski definition) is 2. The maximum atomic E-state index is 12.3. The number of anilines is 2. The lowest BCUT2D eigenvalue weighted by Gasteiger charge is -2.31. The maximum Gasteiger partial charge on any atom is 0.321 e. The van der Waals surface area contributed by atoms with Gasteiger partial charge in [0.05, 0.1) is 11.9 Å². The minimum atomic E-state index is -0.0891. The van der Waals surface area contributed by atoms with Crippen molar-refractivity contribution >= 4 is 23.3 Å². The number of amides is 3.